The molecule has 0 aliphatic rings. The zero-order chi connectivity index (χ0) is 12.8. The minimum absolute atomic E-state index is 0.690. The average molecular weight is 262 g/mol. The minimum Gasteiger partial charge on any atom is -0.494 e. The molecule has 1 N–H and O–H groups in total. The molecule has 0 bridgehead atoms. The Hall–Kier alpha value is -1.55. The molecule has 1 aromatic heterocycles. The molecular formula is C14H18N2OS. The second-order valence-corrected chi connectivity index (χ2v) is 4.95. The molecule has 0 amide bonds. The number of aromatic nitrogens is 1. The van der Waals surface area contributed by atoms with E-state index in [1.54, 1.807) is 11.3 Å². The summed E-state index contributed by atoms with van der Waals surface area (Å²) >= 11 is 1.67. The van der Waals surface area contributed by atoms with Gasteiger partial charge in [0.2, 0.25) is 0 Å². The molecular weight excluding hydrogens is 244 g/mol. The van der Waals surface area contributed by atoms with Crippen LogP contribution in [0.3, 0.4) is 0 Å². The fraction of sp³-hybridized carbons (Fsp3) is 0.357. The number of benzene rings is 1. The van der Waals surface area contributed by atoms with Crippen LogP contribution in [0.4, 0.5) is 5.13 Å². The number of rotatable bonds is 6. The van der Waals surface area contributed by atoms with E-state index in [9.17, 15) is 0 Å². The van der Waals surface area contributed by atoms with Crippen LogP contribution in [0.2, 0.25) is 0 Å². The monoisotopic (exact) mass is 262 g/mol. The van der Waals surface area contributed by atoms with Crippen molar-refractivity contribution in [3.63, 3.8) is 0 Å². The van der Waals surface area contributed by atoms with Crippen molar-refractivity contribution in [2.45, 2.75) is 20.3 Å². The first-order chi connectivity index (χ1) is 8.83. The molecule has 1 heterocycles. The maximum Gasteiger partial charge on any atom is 0.183 e. The van der Waals surface area contributed by atoms with E-state index in [1.807, 2.05) is 25.3 Å². The van der Waals surface area contributed by atoms with E-state index < -0.39 is 0 Å². The Bertz CT molecular complexity index is 496. The number of hydrogen-bond acceptors (Lipinski definition) is 4. The van der Waals surface area contributed by atoms with Gasteiger partial charge in [-0.15, -0.1) is 0 Å². The summed E-state index contributed by atoms with van der Waals surface area (Å²) in [4.78, 5) is 5.53. The van der Waals surface area contributed by atoms with Gasteiger partial charge in [0.1, 0.15) is 5.75 Å². The lowest BCUT2D eigenvalue weighted by molar-refractivity contribution is 0.340. The zero-order valence-electron chi connectivity index (χ0n) is 10.8. The van der Waals surface area contributed by atoms with Gasteiger partial charge in [-0.2, -0.15) is 0 Å². The molecule has 0 aliphatic heterocycles. The Labute approximate surface area is 112 Å². The molecule has 18 heavy (non-hydrogen) atoms. The number of anilines is 1. The van der Waals surface area contributed by atoms with Gasteiger partial charge in [0, 0.05) is 12.7 Å². The molecule has 4 heteroatoms. The van der Waals surface area contributed by atoms with E-state index in [1.165, 1.54) is 0 Å². The van der Waals surface area contributed by atoms with Crippen LogP contribution in [-0.4, -0.2) is 18.1 Å². The normalized spacial score (nSPS) is 10.3. The summed E-state index contributed by atoms with van der Waals surface area (Å²) in [7, 11) is 0. The molecule has 1 aromatic carbocycles. The molecule has 0 radical (unpaired) electrons. The van der Waals surface area contributed by atoms with Crippen molar-refractivity contribution in [2.75, 3.05) is 18.5 Å². The predicted octanol–water partition coefficient (Wildman–Crippen LogP) is 4.03. The lowest BCUT2D eigenvalue weighted by Gasteiger charge is -2.04. The Balaban J connectivity index is 2.15. The molecule has 0 aliphatic carbocycles. The van der Waals surface area contributed by atoms with Gasteiger partial charge in [-0.25, -0.2) is 4.98 Å². The van der Waals surface area contributed by atoms with Crippen LogP contribution in [0.1, 0.15) is 20.3 Å². The Morgan fingerprint density at radius 1 is 1.33 bits per heavy atom. The van der Waals surface area contributed by atoms with Gasteiger partial charge >= 0.3 is 0 Å². The standard InChI is InChI=1S/C14H18N2OS/c1-3-8-15-14-16-10-13(18-14)11-6-5-7-12(9-11)17-4-2/h5-7,9-10H,3-4,8H2,1-2H3,(H,15,16). The number of nitrogens with zero attached hydrogens (tertiary/aromatic N) is 1. The van der Waals surface area contributed by atoms with Crippen LogP contribution in [0.25, 0.3) is 10.4 Å². The molecule has 2 aromatic rings. The van der Waals surface area contributed by atoms with Crippen LogP contribution in [0.15, 0.2) is 30.5 Å². The van der Waals surface area contributed by atoms with E-state index in [2.05, 4.69) is 29.4 Å². The van der Waals surface area contributed by atoms with Crippen molar-refractivity contribution in [1.29, 1.82) is 0 Å². The second kappa shape index (κ2) is 6.40. The first-order valence-corrected chi connectivity index (χ1v) is 7.08. The molecule has 2 rings (SSSR count). The molecule has 0 saturated heterocycles. The van der Waals surface area contributed by atoms with Crippen LogP contribution >= 0.6 is 11.3 Å². The zero-order valence-corrected chi connectivity index (χ0v) is 11.6. The molecule has 3 nitrogen and oxygen atoms in total. The summed E-state index contributed by atoms with van der Waals surface area (Å²) in [5.74, 6) is 0.909. The smallest absolute Gasteiger partial charge is 0.183 e. The van der Waals surface area contributed by atoms with Crippen LogP contribution in [-0.2, 0) is 0 Å². The van der Waals surface area contributed by atoms with E-state index in [4.69, 9.17) is 4.74 Å². The molecule has 96 valence electrons. The summed E-state index contributed by atoms with van der Waals surface area (Å²) in [6, 6.07) is 8.13. The van der Waals surface area contributed by atoms with Gasteiger partial charge in [-0.3, -0.25) is 0 Å². The lowest BCUT2D eigenvalue weighted by Crippen LogP contribution is -1.97. The van der Waals surface area contributed by atoms with Crippen molar-refractivity contribution in [3.8, 4) is 16.2 Å². The van der Waals surface area contributed by atoms with E-state index in [0.29, 0.717) is 6.61 Å². The largest absolute Gasteiger partial charge is 0.494 e. The Morgan fingerprint density at radius 2 is 2.22 bits per heavy atom. The highest BCUT2D eigenvalue weighted by molar-refractivity contribution is 7.18. The summed E-state index contributed by atoms with van der Waals surface area (Å²) in [5.41, 5.74) is 1.16. The van der Waals surface area contributed by atoms with Crippen LogP contribution in [0, 0.1) is 0 Å². The van der Waals surface area contributed by atoms with Crippen molar-refractivity contribution in [1.82, 2.24) is 4.98 Å². The average Bonchev–Trinajstić information content (AvgIpc) is 2.86. The number of ether oxygens (including phenoxy) is 1. The predicted molar refractivity (Wildman–Crippen MR) is 77.5 cm³/mol. The Kier molecular flexibility index (Phi) is 4.59. The van der Waals surface area contributed by atoms with Crippen molar-refractivity contribution in [3.05, 3.63) is 30.5 Å². The first kappa shape index (κ1) is 12.9. The molecule has 0 fully saturated rings. The quantitative estimate of drug-likeness (QED) is 0.853. The van der Waals surface area contributed by atoms with E-state index in [0.717, 1.165) is 34.3 Å². The van der Waals surface area contributed by atoms with Crippen molar-refractivity contribution >= 4 is 16.5 Å². The van der Waals surface area contributed by atoms with Gasteiger partial charge < -0.3 is 10.1 Å². The fourth-order valence-corrected chi connectivity index (χ4v) is 2.47. The summed E-state index contributed by atoms with van der Waals surface area (Å²) in [6.07, 6.45) is 3.02. The van der Waals surface area contributed by atoms with Crippen molar-refractivity contribution < 1.29 is 4.74 Å². The summed E-state index contributed by atoms with van der Waals surface area (Å²) in [5, 5.41) is 4.28. The third kappa shape index (κ3) is 3.23. The lowest BCUT2D eigenvalue weighted by atomic mass is 10.2. The molecule has 0 spiro atoms. The summed E-state index contributed by atoms with van der Waals surface area (Å²) in [6.45, 7) is 5.79. The molecule has 0 unspecified atom stereocenters. The molecule has 0 saturated carbocycles. The van der Waals surface area contributed by atoms with Crippen molar-refractivity contribution in [2.24, 2.45) is 0 Å². The van der Waals surface area contributed by atoms with Crippen LogP contribution < -0.4 is 10.1 Å². The summed E-state index contributed by atoms with van der Waals surface area (Å²) < 4.78 is 5.51. The van der Waals surface area contributed by atoms with Gasteiger partial charge in [0.25, 0.3) is 0 Å². The topological polar surface area (TPSA) is 34.2 Å². The highest BCUT2D eigenvalue weighted by Crippen LogP contribution is 2.30. The van der Waals surface area contributed by atoms with Crippen LogP contribution in [0.5, 0.6) is 5.75 Å². The highest BCUT2D eigenvalue weighted by Gasteiger charge is 2.05. The maximum absolute atomic E-state index is 5.51. The highest BCUT2D eigenvalue weighted by atomic mass is 32.1. The Morgan fingerprint density at radius 3 is 3.00 bits per heavy atom. The third-order valence-electron chi connectivity index (χ3n) is 2.46. The number of nitrogens with one attached hydrogen (secondary N) is 1. The minimum atomic E-state index is 0.690. The number of thiazole rings is 1. The third-order valence-corrected chi connectivity index (χ3v) is 3.47. The maximum atomic E-state index is 5.51. The van der Waals surface area contributed by atoms with E-state index >= 15 is 0 Å². The first-order valence-electron chi connectivity index (χ1n) is 6.26. The SMILES string of the molecule is CCCNc1ncc(-c2cccc(OCC)c2)s1. The van der Waals surface area contributed by atoms with Gasteiger partial charge in [-0.05, 0) is 31.0 Å². The van der Waals surface area contributed by atoms with Gasteiger partial charge in [-0.1, -0.05) is 30.4 Å². The van der Waals surface area contributed by atoms with Gasteiger partial charge in [0.05, 0.1) is 11.5 Å². The number of hydrogen-bond donors (Lipinski definition) is 1. The molecule has 0 atom stereocenters. The second-order valence-electron chi connectivity index (χ2n) is 3.92. The van der Waals surface area contributed by atoms with E-state index in [-0.39, 0.29) is 0 Å². The fourth-order valence-electron chi connectivity index (χ4n) is 1.63. The van der Waals surface area contributed by atoms with Gasteiger partial charge in [0.15, 0.2) is 5.13 Å².